The fraction of sp³-hybridized carbons (Fsp3) is 0.143. The Hall–Kier alpha value is -0.740. The minimum Gasteiger partial charge on any atom is -0.309 e. The fourth-order valence-electron chi connectivity index (χ4n) is 0.940. The Kier molecular flexibility index (Phi) is 1.94. The fourth-order valence-corrected chi connectivity index (χ4v) is 1.84. The summed E-state index contributed by atoms with van der Waals surface area (Å²) in [5, 5.41) is 3.04. The number of nitrogens with zero attached hydrogens (tertiary/aromatic N) is 1. The lowest BCUT2D eigenvalue weighted by Gasteiger charge is -2.14. The molecule has 0 radical (unpaired) electrons. The molecule has 1 N–H and O–H groups in total. The number of anilines is 1. The summed E-state index contributed by atoms with van der Waals surface area (Å²) in [6, 6.07) is 3.57. The van der Waals surface area contributed by atoms with Crippen LogP contribution in [-0.4, -0.2) is 16.6 Å². The molecule has 1 amide bonds. The van der Waals surface area contributed by atoms with Gasteiger partial charge in [-0.3, -0.25) is 4.79 Å². The Morgan fingerprint density at radius 3 is 3.25 bits per heavy atom. The molecule has 1 aliphatic heterocycles. The molecule has 0 unspecified atom stereocenters. The SMILES string of the molecule is O=C1CSc2ccc(Cl)nc2N1. The molecule has 1 aromatic rings. The van der Waals surface area contributed by atoms with Crippen molar-refractivity contribution in [1.29, 1.82) is 0 Å². The van der Waals surface area contributed by atoms with Gasteiger partial charge in [-0.25, -0.2) is 4.98 Å². The number of carbonyl (C=O) groups is 1. The van der Waals surface area contributed by atoms with E-state index in [1.807, 2.05) is 6.07 Å². The first kappa shape index (κ1) is 7.89. The van der Waals surface area contributed by atoms with E-state index in [-0.39, 0.29) is 5.91 Å². The van der Waals surface area contributed by atoms with E-state index in [0.717, 1.165) is 4.90 Å². The van der Waals surface area contributed by atoms with Gasteiger partial charge in [0, 0.05) is 0 Å². The van der Waals surface area contributed by atoms with Gasteiger partial charge in [-0.15, -0.1) is 11.8 Å². The molecule has 0 saturated carbocycles. The number of carbonyl (C=O) groups excluding carboxylic acids is 1. The van der Waals surface area contributed by atoms with Crippen LogP contribution in [0, 0.1) is 0 Å². The van der Waals surface area contributed by atoms with E-state index in [9.17, 15) is 4.79 Å². The van der Waals surface area contributed by atoms with Crippen molar-refractivity contribution >= 4 is 35.1 Å². The van der Waals surface area contributed by atoms with Crippen LogP contribution in [0.1, 0.15) is 0 Å². The predicted octanol–water partition coefficient (Wildman–Crippen LogP) is 1.78. The monoisotopic (exact) mass is 200 g/mol. The van der Waals surface area contributed by atoms with E-state index in [4.69, 9.17) is 11.6 Å². The molecule has 0 saturated heterocycles. The number of nitrogens with one attached hydrogen (secondary N) is 1. The molecule has 0 atom stereocenters. The summed E-state index contributed by atoms with van der Waals surface area (Å²) in [4.78, 5) is 15.9. The Morgan fingerprint density at radius 1 is 1.58 bits per heavy atom. The van der Waals surface area contributed by atoms with Crippen molar-refractivity contribution in [3.8, 4) is 0 Å². The third kappa shape index (κ3) is 1.40. The minimum absolute atomic E-state index is 0.0257. The van der Waals surface area contributed by atoms with Gasteiger partial charge < -0.3 is 5.32 Å². The zero-order valence-electron chi connectivity index (χ0n) is 6.00. The van der Waals surface area contributed by atoms with Crippen LogP contribution < -0.4 is 5.32 Å². The number of pyridine rings is 1. The average Bonchev–Trinajstić information content (AvgIpc) is 2.03. The summed E-state index contributed by atoms with van der Waals surface area (Å²) in [5.41, 5.74) is 0. The number of hydrogen-bond donors (Lipinski definition) is 1. The lowest BCUT2D eigenvalue weighted by molar-refractivity contribution is -0.113. The highest BCUT2D eigenvalue weighted by molar-refractivity contribution is 8.00. The van der Waals surface area contributed by atoms with Crippen molar-refractivity contribution < 1.29 is 4.79 Å². The molecule has 12 heavy (non-hydrogen) atoms. The van der Waals surface area contributed by atoms with E-state index in [0.29, 0.717) is 16.7 Å². The van der Waals surface area contributed by atoms with Gasteiger partial charge in [0.05, 0.1) is 10.6 Å². The van der Waals surface area contributed by atoms with Crippen LogP contribution in [0.15, 0.2) is 17.0 Å². The van der Waals surface area contributed by atoms with Gasteiger partial charge in [0.25, 0.3) is 0 Å². The summed E-state index contributed by atoms with van der Waals surface area (Å²) in [6.07, 6.45) is 0. The quantitative estimate of drug-likeness (QED) is 0.650. The molecular formula is C7H5ClN2OS. The highest BCUT2D eigenvalue weighted by Crippen LogP contribution is 2.30. The standard InChI is InChI=1S/C7H5ClN2OS/c8-5-2-1-4-7(9-5)10-6(11)3-12-4/h1-2H,3H2,(H,9,10,11). The number of halogens is 1. The molecule has 0 aliphatic carbocycles. The molecule has 2 rings (SSSR count). The average molecular weight is 201 g/mol. The highest BCUT2D eigenvalue weighted by atomic mass is 35.5. The smallest absolute Gasteiger partial charge is 0.235 e. The number of amides is 1. The van der Waals surface area contributed by atoms with E-state index in [1.165, 1.54) is 11.8 Å². The zero-order valence-corrected chi connectivity index (χ0v) is 7.58. The van der Waals surface area contributed by atoms with Crippen LogP contribution >= 0.6 is 23.4 Å². The number of aromatic nitrogens is 1. The number of hydrogen-bond acceptors (Lipinski definition) is 3. The van der Waals surface area contributed by atoms with E-state index >= 15 is 0 Å². The second-order valence-electron chi connectivity index (χ2n) is 2.32. The van der Waals surface area contributed by atoms with Gasteiger partial charge in [0.2, 0.25) is 5.91 Å². The second-order valence-corrected chi connectivity index (χ2v) is 3.72. The highest BCUT2D eigenvalue weighted by Gasteiger charge is 2.15. The Bertz CT molecular complexity index is 342. The maximum atomic E-state index is 10.9. The van der Waals surface area contributed by atoms with Crippen molar-refractivity contribution in [1.82, 2.24) is 4.98 Å². The van der Waals surface area contributed by atoms with Crippen LogP contribution in [0.25, 0.3) is 0 Å². The van der Waals surface area contributed by atoms with Gasteiger partial charge in [-0.2, -0.15) is 0 Å². The summed E-state index contributed by atoms with van der Waals surface area (Å²) in [7, 11) is 0. The molecule has 62 valence electrons. The molecule has 0 fully saturated rings. The summed E-state index contributed by atoms with van der Waals surface area (Å²) >= 11 is 7.13. The van der Waals surface area contributed by atoms with Gasteiger partial charge in [0.1, 0.15) is 11.0 Å². The Labute approximate surface area is 78.5 Å². The second kappa shape index (κ2) is 2.95. The van der Waals surface area contributed by atoms with Crippen molar-refractivity contribution in [3.63, 3.8) is 0 Å². The van der Waals surface area contributed by atoms with Crippen molar-refractivity contribution in [2.24, 2.45) is 0 Å². The van der Waals surface area contributed by atoms with Crippen LogP contribution in [0.3, 0.4) is 0 Å². The normalized spacial score (nSPS) is 15.2. The summed E-state index contributed by atoms with van der Waals surface area (Å²) < 4.78 is 0. The lowest BCUT2D eigenvalue weighted by atomic mass is 10.4. The van der Waals surface area contributed by atoms with E-state index in [2.05, 4.69) is 10.3 Å². The van der Waals surface area contributed by atoms with Crippen LogP contribution in [-0.2, 0) is 4.79 Å². The molecule has 0 aromatic carbocycles. The molecular weight excluding hydrogens is 196 g/mol. The Morgan fingerprint density at radius 2 is 2.42 bits per heavy atom. The van der Waals surface area contributed by atoms with Crippen molar-refractivity contribution in [2.45, 2.75) is 4.90 Å². The molecule has 1 aromatic heterocycles. The molecule has 5 heteroatoms. The molecule has 3 nitrogen and oxygen atoms in total. The zero-order chi connectivity index (χ0) is 8.55. The van der Waals surface area contributed by atoms with Gasteiger partial charge in [0.15, 0.2) is 0 Å². The first-order valence-electron chi connectivity index (χ1n) is 3.35. The third-order valence-electron chi connectivity index (χ3n) is 1.44. The maximum Gasteiger partial charge on any atom is 0.235 e. The number of thioether (sulfide) groups is 1. The molecule has 1 aliphatic rings. The van der Waals surface area contributed by atoms with Crippen molar-refractivity contribution in [3.05, 3.63) is 17.3 Å². The number of rotatable bonds is 0. The topological polar surface area (TPSA) is 42.0 Å². The number of fused-ring (bicyclic) bond motifs is 1. The predicted molar refractivity (Wildman–Crippen MR) is 48.6 cm³/mol. The van der Waals surface area contributed by atoms with E-state index in [1.54, 1.807) is 6.07 Å². The summed E-state index contributed by atoms with van der Waals surface area (Å²) in [6.45, 7) is 0. The van der Waals surface area contributed by atoms with Gasteiger partial charge in [-0.05, 0) is 12.1 Å². The largest absolute Gasteiger partial charge is 0.309 e. The Balaban J connectivity index is 2.44. The van der Waals surface area contributed by atoms with E-state index < -0.39 is 0 Å². The molecule has 2 heterocycles. The third-order valence-corrected chi connectivity index (χ3v) is 2.70. The van der Waals surface area contributed by atoms with Crippen LogP contribution in [0.2, 0.25) is 5.15 Å². The maximum absolute atomic E-state index is 10.9. The van der Waals surface area contributed by atoms with Gasteiger partial charge >= 0.3 is 0 Å². The first-order valence-corrected chi connectivity index (χ1v) is 4.71. The molecule has 0 bridgehead atoms. The lowest BCUT2D eigenvalue weighted by Crippen LogP contribution is -2.19. The van der Waals surface area contributed by atoms with Crippen molar-refractivity contribution in [2.75, 3.05) is 11.1 Å². The molecule has 0 spiro atoms. The summed E-state index contributed by atoms with van der Waals surface area (Å²) in [5.74, 6) is 1.00. The first-order chi connectivity index (χ1) is 5.75. The van der Waals surface area contributed by atoms with Gasteiger partial charge in [-0.1, -0.05) is 11.6 Å². The van der Waals surface area contributed by atoms with Crippen LogP contribution in [0.4, 0.5) is 5.82 Å². The minimum atomic E-state index is -0.0257. The van der Waals surface area contributed by atoms with Crippen LogP contribution in [0.5, 0.6) is 0 Å².